The summed E-state index contributed by atoms with van der Waals surface area (Å²) in [5.41, 5.74) is 1.41. The van der Waals surface area contributed by atoms with Crippen LogP contribution in [0.25, 0.3) is 0 Å². The molecule has 0 radical (unpaired) electrons. The van der Waals surface area contributed by atoms with Crippen molar-refractivity contribution in [1.82, 2.24) is 0 Å². The highest BCUT2D eigenvalue weighted by Gasteiger charge is 2.50. The maximum atomic E-state index is 11.2. The van der Waals surface area contributed by atoms with Gasteiger partial charge in [0.2, 0.25) is 0 Å². The zero-order valence-corrected chi connectivity index (χ0v) is 6.50. The van der Waals surface area contributed by atoms with Crippen molar-refractivity contribution in [2.75, 3.05) is 0 Å². The van der Waals surface area contributed by atoms with Gasteiger partial charge in [0.1, 0.15) is 0 Å². The molecule has 0 N–H and O–H groups in total. The van der Waals surface area contributed by atoms with Crippen LogP contribution in [0.5, 0.6) is 0 Å². The van der Waals surface area contributed by atoms with Gasteiger partial charge in [0.25, 0.3) is 0 Å². The average molecular weight is 164 g/mol. The molecule has 0 aromatic heterocycles. The Morgan fingerprint density at radius 2 is 1.50 bits per heavy atom. The predicted molar refractivity (Wildman–Crippen MR) is 39.0 cm³/mol. The Morgan fingerprint density at radius 3 is 2.00 bits per heavy atom. The minimum Gasteiger partial charge on any atom is -0.386 e. The lowest BCUT2D eigenvalue weighted by Gasteiger charge is -2.06. The van der Waals surface area contributed by atoms with Crippen molar-refractivity contribution in [2.45, 2.75) is 19.3 Å². The molecule has 3 rings (SSSR count). The van der Waals surface area contributed by atoms with E-state index < -0.39 is 0 Å². The molecule has 2 bridgehead atoms. The highest BCUT2D eigenvalue weighted by atomic mass is 16.6. The van der Waals surface area contributed by atoms with E-state index in [1.807, 2.05) is 0 Å². The maximum absolute atomic E-state index is 11.2. The molecule has 12 heavy (non-hydrogen) atoms. The van der Waals surface area contributed by atoms with Crippen LogP contribution in [0.4, 0.5) is 0 Å². The first kappa shape index (κ1) is 6.40. The zero-order chi connectivity index (χ0) is 8.29. The molecule has 1 unspecified atom stereocenters. The van der Waals surface area contributed by atoms with Crippen molar-refractivity contribution in [3.63, 3.8) is 0 Å². The highest BCUT2D eigenvalue weighted by Crippen LogP contribution is 2.51. The van der Waals surface area contributed by atoms with Gasteiger partial charge in [-0.2, -0.15) is 0 Å². The molecule has 0 aromatic rings. The van der Waals surface area contributed by atoms with Crippen molar-refractivity contribution in [3.05, 3.63) is 11.1 Å². The van der Waals surface area contributed by atoms with Gasteiger partial charge in [0, 0.05) is 0 Å². The Kier molecular flexibility index (Phi) is 0.953. The van der Waals surface area contributed by atoms with Gasteiger partial charge in [-0.25, -0.2) is 9.59 Å². The summed E-state index contributed by atoms with van der Waals surface area (Å²) >= 11 is 0. The van der Waals surface area contributed by atoms with Crippen LogP contribution in [-0.4, -0.2) is 11.9 Å². The van der Waals surface area contributed by atoms with Crippen LogP contribution in [-0.2, 0) is 14.3 Å². The Labute approximate surface area is 69.4 Å². The van der Waals surface area contributed by atoms with Gasteiger partial charge in [-0.3, -0.25) is 0 Å². The molecule has 1 fully saturated rings. The van der Waals surface area contributed by atoms with E-state index in [0.717, 1.165) is 19.3 Å². The lowest BCUT2D eigenvalue weighted by Crippen LogP contribution is -2.08. The Balaban J connectivity index is 2.18. The first-order valence-electron chi connectivity index (χ1n) is 4.28. The second-order valence-corrected chi connectivity index (χ2v) is 3.71. The number of hydrogen-bond donors (Lipinski definition) is 0. The van der Waals surface area contributed by atoms with E-state index in [-0.39, 0.29) is 11.9 Å². The molecule has 1 saturated carbocycles. The molecule has 3 aliphatic rings. The molecule has 0 aromatic carbocycles. The summed E-state index contributed by atoms with van der Waals surface area (Å²) in [7, 11) is 0. The summed E-state index contributed by atoms with van der Waals surface area (Å²) < 4.78 is 4.56. The minimum absolute atomic E-state index is 0.337. The summed E-state index contributed by atoms with van der Waals surface area (Å²) in [5.74, 6) is -0.0719. The molecule has 0 spiro atoms. The van der Waals surface area contributed by atoms with Crippen molar-refractivity contribution >= 4 is 11.9 Å². The van der Waals surface area contributed by atoms with Crippen LogP contribution in [0.15, 0.2) is 11.1 Å². The fraction of sp³-hybridized carbons (Fsp3) is 0.556. The van der Waals surface area contributed by atoms with Crippen LogP contribution in [0.3, 0.4) is 0 Å². The number of ether oxygens (including phenoxy) is 1. The van der Waals surface area contributed by atoms with Crippen molar-refractivity contribution in [2.24, 2.45) is 11.8 Å². The van der Waals surface area contributed by atoms with E-state index in [2.05, 4.69) is 4.74 Å². The first-order chi connectivity index (χ1) is 5.77. The molecule has 3 heteroatoms. The highest BCUT2D eigenvalue weighted by molar-refractivity contribution is 6.13. The molecule has 1 aliphatic heterocycles. The fourth-order valence-electron chi connectivity index (χ4n) is 2.69. The molecule has 62 valence electrons. The number of cyclic esters (lactones) is 2. The third-order valence-corrected chi connectivity index (χ3v) is 3.16. The van der Waals surface area contributed by atoms with Gasteiger partial charge in [0.05, 0.1) is 11.1 Å². The monoisotopic (exact) mass is 164 g/mol. The standard InChI is InChI=1S/C9H8O3/c10-8-6-4-1-2-5(3-4)7(6)9(11)12-8/h4-5H,1-3H2/t4-,5?/m0/s1. The lowest BCUT2D eigenvalue weighted by molar-refractivity contribution is -0.151. The van der Waals surface area contributed by atoms with Crippen molar-refractivity contribution < 1.29 is 14.3 Å². The van der Waals surface area contributed by atoms with E-state index in [1.165, 1.54) is 0 Å². The zero-order valence-electron chi connectivity index (χ0n) is 6.50. The van der Waals surface area contributed by atoms with E-state index in [0.29, 0.717) is 23.0 Å². The second kappa shape index (κ2) is 1.79. The molecule has 0 amide bonds. The fourth-order valence-corrected chi connectivity index (χ4v) is 2.69. The Bertz CT molecular complexity index is 297. The predicted octanol–water partition coefficient (Wildman–Crippen LogP) is 0.796. The topological polar surface area (TPSA) is 43.4 Å². The van der Waals surface area contributed by atoms with E-state index in [1.54, 1.807) is 0 Å². The average Bonchev–Trinajstić information content (AvgIpc) is 2.64. The largest absolute Gasteiger partial charge is 0.386 e. The SMILES string of the molecule is O=C1OC(=O)C2=C1C1CC[C@H]2C1. The molecular weight excluding hydrogens is 156 g/mol. The summed E-state index contributed by atoms with van der Waals surface area (Å²) in [6.45, 7) is 0. The van der Waals surface area contributed by atoms with Gasteiger partial charge in [-0.15, -0.1) is 0 Å². The number of carbonyl (C=O) groups excluding carboxylic acids is 2. The maximum Gasteiger partial charge on any atom is 0.342 e. The summed E-state index contributed by atoms with van der Waals surface area (Å²) in [6, 6.07) is 0. The molecular formula is C9H8O3. The third-order valence-electron chi connectivity index (χ3n) is 3.16. The number of carbonyl (C=O) groups is 2. The summed E-state index contributed by atoms with van der Waals surface area (Å²) in [4.78, 5) is 22.3. The summed E-state index contributed by atoms with van der Waals surface area (Å²) in [6.07, 6.45) is 3.13. The molecule has 3 nitrogen and oxygen atoms in total. The van der Waals surface area contributed by atoms with Crippen molar-refractivity contribution in [1.29, 1.82) is 0 Å². The van der Waals surface area contributed by atoms with Crippen LogP contribution in [0.2, 0.25) is 0 Å². The van der Waals surface area contributed by atoms with Crippen LogP contribution >= 0.6 is 0 Å². The van der Waals surface area contributed by atoms with Gasteiger partial charge in [-0.1, -0.05) is 0 Å². The van der Waals surface area contributed by atoms with E-state index >= 15 is 0 Å². The van der Waals surface area contributed by atoms with Gasteiger partial charge in [0.15, 0.2) is 0 Å². The number of fused-ring (bicyclic) bond motifs is 4. The molecule has 2 atom stereocenters. The minimum atomic E-state index is -0.373. The first-order valence-corrected chi connectivity index (χ1v) is 4.28. The number of esters is 2. The lowest BCUT2D eigenvalue weighted by atomic mass is 9.93. The van der Waals surface area contributed by atoms with Gasteiger partial charge in [-0.05, 0) is 31.1 Å². The third kappa shape index (κ3) is 0.543. The number of hydrogen-bond acceptors (Lipinski definition) is 3. The smallest absolute Gasteiger partial charge is 0.342 e. The molecule has 2 aliphatic carbocycles. The van der Waals surface area contributed by atoms with Gasteiger partial charge < -0.3 is 4.74 Å². The Hall–Kier alpha value is -1.12. The van der Waals surface area contributed by atoms with Crippen LogP contribution in [0.1, 0.15) is 19.3 Å². The quantitative estimate of drug-likeness (QED) is 0.393. The van der Waals surface area contributed by atoms with E-state index in [4.69, 9.17) is 0 Å². The number of rotatable bonds is 0. The van der Waals surface area contributed by atoms with Gasteiger partial charge >= 0.3 is 11.9 Å². The normalized spacial score (nSPS) is 37.7. The second-order valence-electron chi connectivity index (χ2n) is 3.71. The van der Waals surface area contributed by atoms with Crippen LogP contribution < -0.4 is 0 Å². The molecule has 1 heterocycles. The van der Waals surface area contributed by atoms with Crippen LogP contribution in [0, 0.1) is 11.8 Å². The summed E-state index contributed by atoms with van der Waals surface area (Å²) in [5, 5.41) is 0. The van der Waals surface area contributed by atoms with E-state index in [9.17, 15) is 9.59 Å². The molecule has 0 saturated heterocycles. The van der Waals surface area contributed by atoms with Crippen molar-refractivity contribution in [3.8, 4) is 0 Å². The Morgan fingerprint density at radius 1 is 1.00 bits per heavy atom.